The van der Waals surface area contributed by atoms with E-state index in [1.54, 1.807) is 18.5 Å². The molecule has 0 saturated carbocycles. The summed E-state index contributed by atoms with van der Waals surface area (Å²) in [7, 11) is 0. The van der Waals surface area contributed by atoms with Gasteiger partial charge in [0, 0.05) is 29.1 Å². The van der Waals surface area contributed by atoms with Gasteiger partial charge in [-0.15, -0.1) is 0 Å². The lowest BCUT2D eigenvalue weighted by atomic mass is 10.1. The minimum Gasteiger partial charge on any atom is -0.340 e. The fourth-order valence-corrected chi connectivity index (χ4v) is 2.93. The molecule has 0 unspecified atom stereocenters. The van der Waals surface area contributed by atoms with Gasteiger partial charge in [0.25, 0.3) is 5.91 Å². The lowest BCUT2D eigenvalue weighted by molar-refractivity contribution is 0.102. The summed E-state index contributed by atoms with van der Waals surface area (Å²) in [6.07, 6.45) is 3.33. The lowest BCUT2D eigenvalue weighted by Crippen LogP contribution is -2.18. The highest BCUT2D eigenvalue weighted by Gasteiger charge is 2.13. The average Bonchev–Trinajstić information content (AvgIpc) is 2.67. The molecule has 1 aromatic heterocycles. The number of amides is 1. The van der Waals surface area contributed by atoms with E-state index in [9.17, 15) is 4.79 Å². The number of nitrogens with one attached hydrogen (secondary N) is 1. The second kappa shape index (κ2) is 8.02. The number of carbonyl (C=O) groups excluding carboxylic acids is 1. The van der Waals surface area contributed by atoms with Crippen LogP contribution in [0.25, 0.3) is 0 Å². The van der Waals surface area contributed by atoms with Crippen LogP contribution >= 0.6 is 11.6 Å². The lowest BCUT2D eigenvalue weighted by Gasteiger charge is -2.23. The number of hydrogen-bond donors (Lipinski definition) is 1. The Morgan fingerprint density at radius 1 is 1.08 bits per heavy atom. The van der Waals surface area contributed by atoms with Crippen LogP contribution in [0.3, 0.4) is 0 Å². The number of pyridine rings is 1. The van der Waals surface area contributed by atoms with Crippen LogP contribution in [0.2, 0.25) is 5.02 Å². The van der Waals surface area contributed by atoms with Gasteiger partial charge in [0.15, 0.2) is 0 Å². The minimum atomic E-state index is -0.214. The van der Waals surface area contributed by atoms with E-state index in [1.807, 2.05) is 55.5 Å². The number of anilines is 3. The average molecular weight is 366 g/mol. The molecule has 0 aliphatic rings. The molecule has 4 nitrogen and oxygen atoms in total. The maximum Gasteiger partial charge on any atom is 0.257 e. The Morgan fingerprint density at radius 2 is 1.85 bits per heavy atom. The molecule has 26 heavy (non-hydrogen) atoms. The standard InChI is InChI=1S/C21H20ClN3O/c1-3-25(17-8-5-4-6-9-17)18-12-16(13-23-14-18)21(26)24-20-11-7-10-19(22)15(20)2/h4-14H,3H2,1-2H3,(H,24,26). The Kier molecular flexibility index (Phi) is 5.54. The molecular weight excluding hydrogens is 346 g/mol. The molecule has 5 heteroatoms. The van der Waals surface area contributed by atoms with Crippen LogP contribution in [-0.4, -0.2) is 17.4 Å². The Bertz CT molecular complexity index is 912. The van der Waals surface area contributed by atoms with Crippen molar-refractivity contribution in [1.82, 2.24) is 4.98 Å². The van der Waals surface area contributed by atoms with Gasteiger partial charge in [-0.25, -0.2) is 0 Å². The zero-order chi connectivity index (χ0) is 18.5. The zero-order valence-corrected chi connectivity index (χ0v) is 15.5. The van der Waals surface area contributed by atoms with Gasteiger partial charge < -0.3 is 10.2 Å². The smallest absolute Gasteiger partial charge is 0.257 e. The number of benzene rings is 2. The quantitative estimate of drug-likeness (QED) is 0.653. The molecule has 3 aromatic rings. The van der Waals surface area contributed by atoms with E-state index in [0.717, 1.165) is 23.5 Å². The van der Waals surface area contributed by atoms with Crippen molar-refractivity contribution in [3.8, 4) is 0 Å². The summed E-state index contributed by atoms with van der Waals surface area (Å²) in [5.74, 6) is -0.214. The van der Waals surface area contributed by atoms with Gasteiger partial charge in [-0.1, -0.05) is 35.9 Å². The van der Waals surface area contributed by atoms with Gasteiger partial charge in [0.2, 0.25) is 0 Å². The van der Waals surface area contributed by atoms with Crippen LogP contribution in [0.1, 0.15) is 22.8 Å². The Labute approximate surface area is 158 Å². The molecule has 2 aromatic carbocycles. The van der Waals surface area contributed by atoms with E-state index in [0.29, 0.717) is 16.3 Å². The van der Waals surface area contributed by atoms with Crippen molar-refractivity contribution in [3.63, 3.8) is 0 Å². The molecule has 0 aliphatic carbocycles. The highest BCUT2D eigenvalue weighted by Crippen LogP contribution is 2.26. The van der Waals surface area contributed by atoms with Crippen molar-refractivity contribution in [3.05, 3.63) is 83.1 Å². The molecule has 0 aliphatic heterocycles. The zero-order valence-electron chi connectivity index (χ0n) is 14.7. The maximum atomic E-state index is 12.7. The predicted molar refractivity (Wildman–Crippen MR) is 108 cm³/mol. The Morgan fingerprint density at radius 3 is 2.58 bits per heavy atom. The summed E-state index contributed by atoms with van der Waals surface area (Å²) in [4.78, 5) is 19.0. The van der Waals surface area contributed by atoms with Gasteiger partial charge in [-0.05, 0) is 49.7 Å². The highest BCUT2D eigenvalue weighted by atomic mass is 35.5. The van der Waals surface area contributed by atoms with Crippen LogP contribution in [0, 0.1) is 6.92 Å². The van der Waals surface area contributed by atoms with Gasteiger partial charge in [0.1, 0.15) is 0 Å². The van der Waals surface area contributed by atoms with E-state index in [-0.39, 0.29) is 5.91 Å². The highest BCUT2D eigenvalue weighted by molar-refractivity contribution is 6.31. The van der Waals surface area contributed by atoms with Crippen molar-refractivity contribution in [2.75, 3.05) is 16.8 Å². The first-order valence-electron chi connectivity index (χ1n) is 8.44. The van der Waals surface area contributed by atoms with Gasteiger partial charge in [-0.2, -0.15) is 0 Å². The summed E-state index contributed by atoms with van der Waals surface area (Å²) in [6.45, 7) is 4.71. The number of halogens is 1. The first-order valence-corrected chi connectivity index (χ1v) is 8.82. The molecule has 1 N–H and O–H groups in total. The first kappa shape index (κ1) is 18.0. The molecule has 0 saturated heterocycles. The molecule has 0 bridgehead atoms. The fourth-order valence-electron chi connectivity index (χ4n) is 2.76. The van der Waals surface area contributed by atoms with Crippen molar-refractivity contribution in [2.24, 2.45) is 0 Å². The van der Waals surface area contributed by atoms with Gasteiger partial charge in [0.05, 0.1) is 17.4 Å². The van der Waals surface area contributed by atoms with Crippen LogP contribution in [-0.2, 0) is 0 Å². The number of carbonyl (C=O) groups is 1. The third-order valence-electron chi connectivity index (χ3n) is 4.20. The molecule has 0 spiro atoms. The first-order chi connectivity index (χ1) is 12.6. The van der Waals surface area contributed by atoms with E-state index >= 15 is 0 Å². The number of rotatable bonds is 5. The number of nitrogens with zero attached hydrogens (tertiary/aromatic N) is 2. The summed E-state index contributed by atoms with van der Waals surface area (Å²) < 4.78 is 0. The Balaban J connectivity index is 1.86. The predicted octanol–water partition coefficient (Wildman–Crippen LogP) is 5.45. The van der Waals surface area contributed by atoms with Crippen LogP contribution in [0.5, 0.6) is 0 Å². The third kappa shape index (κ3) is 3.86. The van der Waals surface area contributed by atoms with E-state index in [2.05, 4.69) is 22.1 Å². The van der Waals surface area contributed by atoms with Crippen molar-refractivity contribution >= 4 is 34.6 Å². The number of para-hydroxylation sites is 1. The van der Waals surface area contributed by atoms with Crippen LogP contribution < -0.4 is 10.2 Å². The third-order valence-corrected chi connectivity index (χ3v) is 4.61. The molecule has 0 fully saturated rings. The monoisotopic (exact) mass is 365 g/mol. The normalized spacial score (nSPS) is 10.4. The van der Waals surface area contributed by atoms with E-state index in [4.69, 9.17) is 11.6 Å². The second-order valence-corrected chi connectivity index (χ2v) is 6.29. The van der Waals surface area contributed by atoms with Crippen LogP contribution in [0.15, 0.2) is 67.0 Å². The Hall–Kier alpha value is -2.85. The number of hydrogen-bond acceptors (Lipinski definition) is 3. The maximum absolute atomic E-state index is 12.7. The molecule has 0 atom stereocenters. The van der Waals surface area contributed by atoms with Crippen LogP contribution in [0.4, 0.5) is 17.1 Å². The summed E-state index contributed by atoms with van der Waals surface area (Å²) in [5, 5.41) is 3.53. The SMILES string of the molecule is CCN(c1ccccc1)c1cncc(C(=O)Nc2cccc(Cl)c2C)c1. The van der Waals surface area contributed by atoms with E-state index in [1.165, 1.54) is 0 Å². The fraction of sp³-hybridized carbons (Fsp3) is 0.143. The van der Waals surface area contributed by atoms with Gasteiger partial charge in [-0.3, -0.25) is 9.78 Å². The summed E-state index contributed by atoms with van der Waals surface area (Å²) in [5.41, 5.74) is 3.96. The molecular formula is C21H20ClN3O. The topological polar surface area (TPSA) is 45.2 Å². The summed E-state index contributed by atoms with van der Waals surface area (Å²) >= 11 is 6.13. The largest absolute Gasteiger partial charge is 0.340 e. The molecule has 132 valence electrons. The van der Waals surface area contributed by atoms with Crippen molar-refractivity contribution < 1.29 is 4.79 Å². The number of aromatic nitrogens is 1. The van der Waals surface area contributed by atoms with E-state index < -0.39 is 0 Å². The summed E-state index contributed by atoms with van der Waals surface area (Å²) in [6, 6.07) is 17.3. The van der Waals surface area contributed by atoms with Crippen molar-refractivity contribution in [1.29, 1.82) is 0 Å². The molecule has 3 rings (SSSR count). The molecule has 1 heterocycles. The molecule has 1 amide bonds. The molecule has 0 radical (unpaired) electrons. The minimum absolute atomic E-state index is 0.214. The van der Waals surface area contributed by atoms with Gasteiger partial charge >= 0.3 is 0 Å². The second-order valence-electron chi connectivity index (χ2n) is 5.88. The van der Waals surface area contributed by atoms with Crippen molar-refractivity contribution in [2.45, 2.75) is 13.8 Å².